The van der Waals surface area contributed by atoms with Crippen LogP contribution in [-0.2, 0) is 6.54 Å². The van der Waals surface area contributed by atoms with Gasteiger partial charge in [0.1, 0.15) is 5.82 Å². The maximum atomic E-state index is 13.3. The predicted octanol–water partition coefficient (Wildman–Crippen LogP) is 3.72. The highest BCUT2D eigenvalue weighted by Gasteiger charge is 2.31. The van der Waals surface area contributed by atoms with Gasteiger partial charge in [-0.15, -0.1) is 0 Å². The third-order valence-corrected chi connectivity index (χ3v) is 4.31. The third kappa shape index (κ3) is 3.21. The first-order chi connectivity index (χ1) is 11.1. The van der Waals surface area contributed by atoms with Crippen molar-refractivity contribution in [1.29, 1.82) is 0 Å². The molecule has 1 fully saturated rings. The first-order valence-electron chi connectivity index (χ1n) is 7.94. The van der Waals surface area contributed by atoms with Crippen molar-refractivity contribution in [2.75, 3.05) is 11.9 Å². The molecule has 1 aromatic carbocycles. The van der Waals surface area contributed by atoms with E-state index in [9.17, 15) is 9.18 Å². The fraction of sp³-hybridized carbons (Fsp3) is 0.412. The minimum Gasteiger partial charge on any atom is -0.317 e. The Morgan fingerprint density at radius 3 is 3.00 bits per heavy atom. The van der Waals surface area contributed by atoms with Crippen molar-refractivity contribution in [1.82, 2.24) is 14.7 Å². The molecule has 1 saturated heterocycles. The molecule has 1 N–H and O–H groups in total. The number of rotatable bonds is 3. The Kier molecular flexibility index (Phi) is 4.32. The van der Waals surface area contributed by atoms with Gasteiger partial charge in [-0.3, -0.25) is 4.68 Å². The fourth-order valence-corrected chi connectivity index (χ4v) is 3.14. The highest BCUT2D eigenvalue weighted by Crippen LogP contribution is 2.34. The van der Waals surface area contributed by atoms with Gasteiger partial charge in [-0.2, -0.15) is 5.10 Å². The van der Waals surface area contributed by atoms with E-state index in [2.05, 4.69) is 10.4 Å². The molecule has 0 aliphatic carbocycles. The molecule has 2 amide bonds. The van der Waals surface area contributed by atoms with Gasteiger partial charge in [0, 0.05) is 19.3 Å². The Morgan fingerprint density at radius 2 is 2.30 bits per heavy atom. The number of aromatic nitrogens is 2. The number of likely N-dealkylation sites (tertiary alicyclic amines) is 1. The zero-order valence-electron chi connectivity index (χ0n) is 13.4. The molecule has 1 aliphatic heterocycles. The third-order valence-electron chi connectivity index (χ3n) is 4.31. The number of nitrogens with zero attached hydrogens (tertiary/aromatic N) is 3. The van der Waals surface area contributed by atoms with E-state index in [0.29, 0.717) is 12.2 Å². The highest BCUT2D eigenvalue weighted by molar-refractivity contribution is 5.89. The summed E-state index contributed by atoms with van der Waals surface area (Å²) in [5, 5.41) is 7.06. The number of anilines is 1. The molecular formula is C17H21FN4O. The largest absolute Gasteiger partial charge is 0.322 e. The standard InChI is InChI=1S/C17H21FN4O/c1-3-21-11-14(10-19-21)20-17(23)22-8-4-5-16(22)15-7-6-13(18)9-12(15)2/h6-7,9-11,16H,3-5,8H2,1-2H3,(H,20,23). The van der Waals surface area contributed by atoms with E-state index >= 15 is 0 Å². The molecule has 23 heavy (non-hydrogen) atoms. The van der Waals surface area contributed by atoms with Crippen molar-refractivity contribution < 1.29 is 9.18 Å². The van der Waals surface area contributed by atoms with Gasteiger partial charge in [0.25, 0.3) is 0 Å². The molecule has 1 aliphatic rings. The molecule has 1 atom stereocenters. The molecule has 2 aromatic rings. The second kappa shape index (κ2) is 6.40. The lowest BCUT2D eigenvalue weighted by Gasteiger charge is -2.26. The number of urea groups is 1. The number of carbonyl (C=O) groups excluding carboxylic acids is 1. The zero-order valence-corrected chi connectivity index (χ0v) is 13.4. The van der Waals surface area contributed by atoms with Crippen molar-refractivity contribution in [3.63, 3.8) is 0 Å². The van der Waals surface area contributed by atoms with Crippen LogP contribution < -0.4 is 5.32 Å². The number of carbonyl (C=O) groups is 1. The molecule has 1 aromatic heterocycles. The Bertz CT molecular complexity index is 712. The lowest BCUT2D eigenvalue weighted by Crippen LogP contribution is -2.34. The van der Waals surface area contributed by atoms with E-state index in [0.717, 1.165) is 30.5 Å². The molecule has 0 spiro atoms. The van der Waals surface area contributed by atoms with E-state index in [4.69, 9.17) is 0 Å². The van der Waals surface area contributed by atoms with E-state index < -0.39 is 0 Å². The Morgan fingerprint density at radius 1 is 1.48 bits per heavy atom. The lowest BCUT2D eigenvalue weighted by atomic mass is 9.99. The minimum atomic E-state index is -0.243. The SMILES string of the molecule is CCn1cc(NC(=O)N2CCCC2c2ccc(F)cc2C)cn1. The van der Waals surface area contributed by atoms with Gasteiger partial charge in [-0.1, -0.05) is 6.07 Å². The summed E-state index contributed by atoms with van der Waals surface area (Å²) >= 11 is 0. The molecule has 0 radical (unpaired) electrons. The smallest absolute Gasteiger partial charge is 0.317 e. The number of benzene rings is 1. The summed E-state index contributed by atoms with van der Waals surface area (Å²) in [5.74, 6) is -0.243. The van der Waals surface area contributed by atoms with Crippen LogP contribution in [0.4, 0.5) is 14.9 Å². The molecule has 3 rings (SSSR count). The van der Waals surface area contributed by atoms with Crippen molar-refractivity contribution in [3.05, 3.63) is 47.5 Å². The number of aryl methyl sites for hydroxylation is 2. The van der Waals surface area contributed by atoms with Gasteiger partial charge in [0.05, 0.1) is 17.9 Å². The van der Waals surface area contributed by atoms with E-state index in [1.165, 1.54) is 12.1 Å². The van der Waals surface area contributed by atoms with Crippen LogP contribution in [0.2, 0.25) is 0 Å². The maximum absolute atomic E-state index is 13.3. The van der Waals surface area contributed by atoms with Crippen LogP contribution in [0.25, 0.3) is 0 Å². The fourth-order valence-electron chi connectivity index (χ4n) is 3.14. The quantitative estimate of drug-likeness (QED) is 0.938. The van der Waals surface area contributed by atoms with Crippen LogP contribution in [0.1, 0.15) is 36.9 Å². The summed E-state index contributed by atoms with van der Waals surface area (Å²) in [6.45, 7) is 5.34. The first kappa shape index (κ1) is 15.5. The normalized spacial score (nSPS) is 17.5. The summed E-state index contributed by atoms with van der Waals surface area (Å²) in [7, 11) is 0. The Balaban J connectivity index is 1.76. The van der Waals surface area contributed by atoms with E-state index in [-0.39, 0.29) is 17.9 Å². The van der Waals surface area contributed by atoms with Crippen molar-refractivity contribution in [2.45, 2.75) is 39.3 Å². The van der Waals surface area contributed by atoms with Gasteiger partial charge in [-0.05, 0) is 49.9 Å². The van der Waals surface area contributed by atoms with Crippen molar-refractivity contribution in [3.8, 4) is 0 Å². The second-order valence-corrected chi connectivity index (χ2v) is 5.87. The number of hydrogen-bond donors (Lipinski definition) is 1. The molecule has 0 saturated carbocycles. The molecule has 0 bridgehead atoms. The number of amides is 2. The minimum absolute atomic E-state index is 0.00294. The van der Waals surface area contributed by atoms with E-state index in [1.807, 2.05) is 24.9 Å². The van der Waals surface area contributed by atoms with E-state index in [1.54, 1.807) is 16.9 Å². The number of halogens is 1. The zero-order chi connectivity index (χ0) is 16.4. The van der Waals surface area contributed by atoms with Crippen LogP contribution in [0.15, 0.2) is 30.6 Å². The van der Waals surface area contributed by atoms with Gasteiger partial charge < -0.3 is 10.2 Å². The summed E-state index contributed by atoms with van der Waals surface area (Å²) in [6.07, 6.45) is 5.30. The van der Waals surface area contributed by atoms with Gasteiger partial charge in [0.15, 0.2) is 0 Å². The average Bonchev–Trinajstić information content (AvgIpc) is 3.16. The molecule has 122 valence electrons. The molecule has 5 nitrogen and oxygen atoms in total. The maximum Gasteiger partial charge on any atom is 0.322 e. The van der Waals surface area contributed by atoms with Gasteiger partial charge >= 0.3 is 6.03 Å². The molecule has 2 heterocycles. The Labute approximate surface area is 135 Å². The van der Waals surface area contributed by atoms with Crippen LogP contribution in [0.3, 0.4) is 0 Å². The molecule has 6 heteroatoms. The Hall–Kier alpha value is -2.37. The summed E-state index contributed by atoms with van der Waals surface area (Å²) in [4.78, 5) is 14.4. The summed E-state index contributed by atoms with van der Waals surface area (Å²) in [5.41, 5.74) is 2.59. The van der Waals surface area contributed by atoms with Crippen LogP contribution >= 0.6 is 0 Å². The summed E-state index contributed by atoms with van der Waals surface area (Å²) < 4.78 is 15.1. The second-order valence-electron chi connectivity index (χ2n) is 5.87. The molecule has 1 unspecified atom stereocenters. The number of nitrogens with one attached hydrogen (secondary N) is 1. The van der Waals surface area contributed by atoms with Crippen LogP contribution in [-0.4, -0.2) is 27.3 Å². The van der Waals surface area contributed by atoms with Crippen LogP contribution in [0.5, 0.6) is 0 Å². The predicted molar refractivity (Wildman–Crippen MR) is 86.7 cm³/mol. The highest BCUT2D eigenvalue weighted by atomic mass is 19.1. The first-order valence-corrected chi connectivity index (χ1v) is 7.94. The van der Waals surface area contributed by atoms with Gasteiger partial charge in [-0.25, -0.2) is 9.18 Å². The number of hydrogen-bond acceptors (Lipinski definition) is 2. The summed E-state index contributed by atoms with van der Waals surface area (Å²) in [6, 6.07) is 4.64. The monoisotopic (exact) mass is 316 g/mol. The van der Waals surface area contributed by atoms with Crippen molar-refractivity contribution >= 4 is 11.7 Å². The van der Waals surface area contributed by atoms with Crippen molar-refractivity contribution in [2.24, 2.45) is 0 Å². The average molecular weight is 316 g/mol. The van der Waals surface area contributed by atoms with Gasteiger partial charge in [0.2, 0.25) is 0 Å². The van der Waals surface area contributed by atoms with Crippen LogP contribution in [0, 0.1) is 12.7 Å². The topological polar surface area (TPSA) is 50.2 Å². The molecular weight excluding hydrogens is 295 g/mol. The lowest BCUT2D eigenvalue weighted by molar-refractivity contribution is 0.207.